The van der Waals surface area contributed by atoms with Gasteiger partial charge >= 0.3 is 0 Å². The zero-order chi connectivity index (χ0) is 16.2. The minimum absolute atomic E-state index is 0.355. The van der Waals surface area contributed by atoms with Gasteiger partial charge in [0.05, 0.1) is 0 Å². The summed E-state index contributed by atoms with van der Waals surface area (Å²) in [6.45, 7) is 3.71. The number of carbonyl (C=O) groups is 1. The average Bonchev–Trinajstić information content (AvgIpc) is 2.43. The SMILES string of the molecule is CC(=O)O.CCCCCCCCC=CCCCCCCO. The summed E-state index contributed by atoms with van der Waals surface area (Å²) in [5.41, 5.74) is 0. The summed E-state index contributed by atoms with van der Waals surface area (Å²) in [6.07, 6.45) is 20.2. The van der Waals surface area contributed by atoms with Crippen molar-refractivity contribution in [2.45, 2.75) is 90.9 Å². The maximum absolute atomic E-state index is 9.00. The predicted molar refractivity (Wildman–Crippen MR) is 90.6 cm³/mol. The number of hydrogen-bond donors (Lipinski definition) is 2. The molecule has 0 aromatic rings. The first kappa shape index (κ1) is 22.5. The third-order valence-electron chi connectivity index (χ3n) is 3.17. The highest BCUT2D eigenvalue weighted by Gasteiger charge is 1.89. The largest absolute Gasteiger partial charge is 0.481 e. The molecule has 0 aromatic heterocycles. The van der Waals surface area contributed by atoms with E-state index in [4.69, 9.17) is 15.0 Å². The zero-order valence-electron chi connectivity index (χ0n) is 14.1. The first-order chi connectivity index (χ1) is 10.1. The normalized spacial score (nSPS) is 10.4. The van der Waals surface area contributed by atoms with Crippen LogP contribution in [0.2, 0.25) is 0 Å². The maximum atomic E-state index is 9.00. The van der Waals surface area contributed by atoms with Crippen molar-refractivity contribution in [2.75, 3.05) is 6.61 Å². The Bertz CT molecular complexity index is 221. The Morgan fingerprint density at radius 3 is 1.62 bits per heavy atom. The van der Waals surface area contributed by atoms with E-state index in [9.17, 15) is 0 Å². The van der Waals surface area contributed by atoms with Gasteiger partial charge in [-0.25, -0.2) is 0 Å². The van der Waals surface area contributed by atoms with Crippen LogP contribution in [-0.4, -0.2) is 22.8 Å². The molecule has 0 amide bonds. The van der Waals surface area contributed by atoms with Crippen LogP contribution in [0.15, 0.2) is 12.2 Å². The highest BCUT2D eigenvalue weighted by molar-refractivity contribution is 5.62. The molecule has 0 spiro atoms. The van der Waals surface area contributed by atoms with E-state index in [-0.39, 0.29) is 0 Å². The molecule has 0 aliphatic heterocycles. The Morgan fingerprint density at radius 2 is 1.19 bits per heavy atom. The Balaban J connectivity index is 0. The topological polar surface area (TPSA) is 57.5 Å². The molecule has 0 bridgehead atoms. The van der Waals surface area contributed by atoms with Gasteiger partial charge in [0.2, 0.25) is 0 Å². The smallest absolute Gasteiger partial charge is 0.300 e. The van der Waals surface area contributed by atoms with E-state index in [1.165, 1.54) is 70.6 Å². The monoisotopic (exact) mass is 300 g/mol. The fourth-order valence-corrected chi connectivity index (χ4v) is 2.01. The Labute approximate surface area is 131 Å². The first-order valence-corrected chi connectivity index (χ1v) is 8.60. The standard InChI is InChI=1S/C16H32O.C2H4O2/c1-2-3-4-5-6-7-8-9-10-11-12-13-14-15-16-17;1-2(3)4/h9-10,17H,2-8,11-16H2,1H3;1H3,(H,3,4). The van der Waals surface area contributed by atoms with Crippen molar-refractivity contribution < 1.29 is 15.0 Å². The molecule has 2 N–H and O–H groups in total. The molecule has 0 rings (SSSR count). The van der Waals surface area contributed by atoms with Crippen LogP contribution in [0.5, 0.6) is 0 Å². The van der Waals surface area contributed by atoms with Crippen molar-refractivity contribution in [3.8, 4) is 0 Å². The molecule has 0 unspecified atom stereocenters. The summed E-state index contributed by atoms with van der Waals surface area (Å²) < 4.78 is 0. The lowest BCUT2D eigenvalue weighted by Crippen LogP contribution is -1.82. The van der Waals surface area contributed by atoms with Gasteiger partial charge in [0.25, 0.3) is 5.97 Å². The maximum Gasteiger partial charge on any atom is 0.300 e. The molecular weight excluding hydrogens is 264 g/mol. The van der Waals surface area contributed by atoms with Crippen molar-refractivity contribution in [1.82, 2.24) is 0 Å². The number of rotatable bonds is 13. The summed E-state index contributed by atoms with van der Waals surface area (Å²) in [4.78, 5) is 9.00. The molecule has 0 atom stereocenters. The van der Waals surface area contributed by atoms with Gasteiger partial charge < -0.3 is 10.2 Å². The van der Waals surface area contributed by atoms with Gasteiger partial charge in [-0.05, 0) is 32.1 Å². The van der Waals surface area contributed by atoms with E-state index in [1.807, 2.05) is 0 Å². The molecule has 126 valence electrons. The van der Waals surface area contributed by atoms with Crippen LogP contribution < -0.4 is 0 Å². The number of allylic oxidation sites excluding steroid dienone is 2. The van der Waals surface area contributed by atoms with Crippen molar-refractivity contribution in [1.29, 1.82) is 0 Å². The first-order valence-electron chi connectivity index (χ1n) is 8.60. The summed E-state index contributed by atoms with van der Waals surface area (Å²) >= 11 is 0. The van der Waals surface area contributed by atoms with E-state index in [0.29, 0.717) is 6.61 Å². The molecule has 0 aliphatic rings. The Hall–Kier alpha value is -0.830. The van der Waals surface area contributed by atoms with Crippen LogP contribution in [0, 0.1) is 0 Å². The minimum atomic E-state index is -0.833. The number of aliphatic hydroxyl groups is 1. The van der Waals surface area contributed by atoms with Crippen LogP contribution in [0.4, 0.5) is 0 Å². The lowest BCUT2D eigenvalue weighted by Gasteiger charge is -1.98. The van der Waals surface area contributed by atoms with Crippen molar-refractivity contribution in [3.05, 3.63) is 12.2 Å². The lowest BCUT2D eigenvalue weighted by atomic mass is 10.1. The second-order valence-electron chi connectivity index (χ2n) is 5.47. The highest BCUT2D eigenvalue weighted by atomic mass is 16.4. The van der Waals surface area contributed by atoms with E-state index in [2.05, 4.69) is 19.1 Å². The third kappa shape index (κ3) is 32.6. The molecular formula is C18H36O3. The number of carboxylic acid groups (broad SMARTS) is 1. The van der Waals surface area contributed by atoms with E-state index >= 15 is 0 Å². The molecule has 0 saturated heterocycles. The van der Waals surface area contributed by atoms with Gasteiger partial charge in [0.1, 0.15) is 0 Å². The molecule has 3 heteroatoms. The molecule has 0 radical (unpaired) electrons. The second kappa shape index (κ2) is 21.5. The summed E-state index contributed by atoms with van der Waals surface area (Å²) in [7, 11) is 0. The van der Waals surface area contributed by atoms with Crippen LogP contribution in [0.25, 0.3) is 0 Å². The predicted octanol–water partition coefficient (Wildman–Crippen LogP) is 5.33. The number of unbranched alkanes of at least 4 members (excludes halogenated alkanes) is 10. The van der Waals surface area contributed by atoms with Crippen LogP contribution in [0.1, 0.15) is 90.9 Å². The van der Waals surface area contributed by atoms with Crippen molar-refractivity contribution in [2.24, 2.45) is 0 Å². The molecule has 21 heavy (non-hydrogen) atoms. The number of carboxylic acids is 1. The fraction of sp³-hybridized carbons (Fsp3) is 0.833. The number of aliphatic hydroxyl groups excluding tert-OH is 1. The quantitative estimate of drug-likeness (QED) is 0.357. The van der Waals surface area contributed by atoms with Crippen LogP contribution in [-0.2, 0) is 4.79 Å². The van der Waals surface area contributed by atoms with Crippen LogP contribution >= 0.6 is 0 Å². The van der Waals surface area contributed by atoms with Gasteiger partial charge in [-0.2, -0.15) is 0 Å². The molecule has 0 saturated carbocycles. The molecule has 3 nitrogen and oxygen atoms in total. The molecule has 0 aliphatic carbocycles. The third-order valence-corrected chi connectivity index (χ3v) is 3.17. The molecule has 0 fully saturated rings. The fourth-order valence-electron chi connectivity index (χ4n) is 2.01. The Morgan fingerprint density at radius 1 is 0.810 bits per heavy atom. The molecule has 0 heterocycles. The van der Waals surface area contributed by atoms with Crippen molar-refractivity contribution in [3.63, 3.8) is 0 Å². The van der Waals surface area contributed by atoms with Gasteiger partial charge in [0, 0.05) is 13.5 Å². The summed E-state index contributed by atoms with van der Waals surface area (Å²) in [6, 6.07) is 0. The van der Waals surface area contributed by atoms with Gasteiger partial charge in [0.15, 0.2) is 0 Å². The van der Waals surface area contributed by atoms with Gasteiger partial charge in [-0.1, -0.05) is 64.0 Å². The second-order valence-corrected chi connectivity index (χ2v) is 5.47. The van der Waals surface area contributed by atoms with Gasteiger partial charge in [-0.15, -0.1) is 0 Å². The lowest BCUT2D eigenvalue weighted by molar-refractivity contribution is -0.134. The van der Waals surface area contributed by atoms with Gasteiger partial charge in [-0.3, -0.25) is 4.79 Å². The Kier molecular flexibility index (Phi) is 23.0. The minimum Gasteiger partial charge on any atom is -0.481 e. The van der Waals surface area contributed by atoms with E-state index in [1.54, 1.807) is 0 Å². The highest BCUT2D eigenvalue weighted by Crippen LogP contribution is 2.08. The zero-order valence-corrected chi connectivity index (χ0v) is 14.1. The van der Waals surface area contributed by atoms with Crippen molar-refractivity contribution >= 4 is 5.97 Å². The average molecular weight is 300 g/mol. The number of aliphatic carboxylic acids is 1. The van der Waals surface area contributed by atoms with E-state index < -0.39 is 5.97 Å². The van der Waals surface area contributed by atoms with Crippen LogP contribution in [0.3, 0.4) is 0 Å². The number of hydrogen-bond acceptors (Lipinski definition) is 2. The molecule has 0 aromatic carbocycles. The van der Waals surface area contributed by atoms with E-state index in [0.717, 1.165) is 13.3 Å². The summed E-state index contributed by atoms with van der Waals surface area (Å²) in [5, 5.41) is 16.0. The summed E-state index contributed by atoms with van der Waals surface area (Å²) in [5.74, 6) is -0.833.